The molecule has 1 aliphatic rings. The van der Waals surface area contributed by atoms with Gasteiger partial charge in [0.25, 0.3) is 0 Å². The van der Waals surface area contributed by atoms with Gasteiger partial charge in [-0.05, 0) is 42.7 Å². The van der Waals surface area contributed by atoms with Crippen LogP contribution in [0, 0.1) is 0 Å². The van der Waals surface area contributed by atoms with Crippen molar-refractivity contribution >= 4 is 57.5 Å². The smallest absolute Gasteiger partial charge is 0.243 e. The van der Waals surface area contributed by atoms with Crippen LogP contribution in [0.25, 0.3) is 0 Å². The van der Waals surface area contributed by atoms with Crippen LogP contribution in [0.5, 0.6) is 0 Å². The number of guanidine groups is 1. The first-order valence-corrected chi connectivity index (χ1v) is 9.46. The molecule has 0 bridgehead atoms. The predicted octanol–water partition coefficient (Wildman–Crippen LogP) is 3.90. The van der Waals surface area contributed by atoms with Crippen molar-refractivity contribution < 1.29 is 4.79 Å². The summed E-state index contributed by atoms with van der Waals surface area (Å²) in [6.45, 7) is 0.960. The quantitative estimate of drug-likeness (QED) is 0.295. The zero-order valence-electron chi connectivity index (χ0n) is 15.2. The predicted molar refractivity (Wildman–Crippen MR) is 125 cm³/mol. The molecule has 27 heavy (non-hydrogen) atoms. The largest absolute Gasteiger partial charge is 0.356 e. The van der Waals surface area contributed by atoms with Crippen LogP contribution in [0.1, 0.15) is 18.4 Å². The topological polar surface area (TPSA) is 65.5 Å². The van der Waals surface area contributed by atoms with Gasteiger partial charge >= 0.3 is 0 Å². The summed E-state index contributed by atoms with van der Waals surface area (Å²) in [7, 11) is 1.71. The first-order valence-electron chi connectivity index (χ1n) is 8.67. The molecule has 0 unspecified atom stereocenters. The minimum atomic E-state index is -0.104. The number of aliphatic imine (C=N–C) groups is 1. The summed E-state index contributed by atoms with van der Waals surface area (Å²) < 4.78 is 1.10. The van der Waals surface area contributed by atoms with Crippen LogP contribution in [0.3, 0.4) is 0 Å². The lowest BCUT2D eigenvalue weighted by molar-refractivity contribution is -0.115. The summed E-state index contributed by atoms with van der Waals surface area (Å²) in [5.41, 5.74) is 2.28. The monoisotopic (exact) mass is 542 g/mol. The van der Waals surface area contributed by atoms with E-state index in [9.17, 15) is 4.79 Å². The number of nitrogens with one attached hydrogen (secondary N) is 3. The van der Waals surface area contributed by atoms with Gasteiger partial charge in [-0.3, -0.25) is 9.79 Å². The summed E-state index contributed by atoms with van der Waals surface area (Å²) >= 11 is 3.54. The van der Waals surface area contributed by atoms with E-state index in [0.717, 1.165) is 29.5 Å². The number of carbonyl (C=O) groups excluding carboxylic acids is 1. The first-order chi connectivity index (χ1) is 12.6. The highest BCUT2D eigenvalue weighted by Gasteiger charge is 2.44. The Morgan fingerprint density at radius 2 is 1.85 bits per heavy atom. The van der Waals surface area contributed by atoms with E-state index >= 15 is 0 Å². The van der Waals surface area contributed by atoms with Crippen molar-refractivity contribution in [3.63, 3.8) is 0 Å². The van der Waals surface area contributed by atoms with E-state index in [1.54, 1.807) is 7.05 Å². The zero-order valence-corrected chi connectivity index (χ0v) is 19.1. The molecule has 0 spiro atoms. The van der Waals surface area contributed by atoms with Crippen LogP contribution in [-0.2, 0) is 10.2 Å². The van der Waals surface area contributed by atoms with Crippen molar-refractivity contribution in [2.45, 2.75) is 18.3 Å². The Morgan fingerprint density at radius 3 is 2.48 bits per heavy atom. The molecule has 2 aromatic rings. The number of nitrogens with zero attached hydrogens (tertiary/aromatic N) is 1. The Bertz CT molecular complexity index is 794. The second-order valence-corrected chi connectivity index (χ2v) is 7.40. The lowest BCUT2D eigenvalue weighted by atomic mass is 9.96. The summed E-state index contributed by atoms with van der Waals surface area (Å²) in [4.78, 5) is 16.3. The molecule has 0 heterocycles. The molecule has 1 aliphatic carbocycles. The summed E-state index contributed by atoms with van der Waals surface area (Å²) in [6.07, 6.45) is 2.31. The molecule has 0 atom stereocenters. The van der Waals surface area contributed by atoms with Crippen molar-refractivity contribution in [2.24, 2.45) is 4.99 Å². The van der Waals surface area contributed by atoms with Crippen molar-refractivity contribution in [1.82, 2.24) is 10.6 Å². The van der Waals surface area contributed by atoms with Gasteiger partial charge in [-0.25, -0.2) is 0 Å². The molecule has 0 aromatic heterocycles. The molecule has 144 valence electrons. The van der Waals surface area contributed by atoms with Crippen molar-refractivity contribution in [1.29, 1.82) is 0 Å². The molecule has 3 N–H and O–H groups in total. The van der Waals surface area contributed by atoms with Gasteiger partial charge in [0, 0.05) is 29.2 Å². The molecule has 3 rings (SSSR count). The average molecular weight is 543 g/mol. The van der Waals surface area contributed by atoms with E-state index in [4.69, 9.17) is 0 Å². The maximum Gasteiger partial charge on any atom is 0.243 e. The number of hydrogen-bond donors (Lipinski definition) is 3. The second-order valence-electron chi connectivity index (χ2n) is 6.48. The minimum Gasteiger partial charge on any atom is -0.356 e. The van der Waals surface area contributed by atoms with Crippen LogP contribution in [-0.4, -0.2) is 32.0 Å². The van der Waals surface area contributed by atoms with E-state index in [0.29, 0.717) is 5.96 Å². The SMILES string of the molecule is CN=C(NCC(=O)Nc1ccccc1)NCC1(c2cccc(Br)c2)CC1.I. The zero-order chi connectivity index (χ0) is 18.4. The normalized spacial score (nSPS) is 14.7. The minimum absolute atomic E-state index is 0. The molecule has 0 aliphatic heterocycles. The van der Waals surface area contributed by atoms with E-state index in [2.05, 4.69) is 55.1 Å². The Kier molecular flexibility index (Phi) is 8.09. The van der Waals surface area contributed by atoms with Gasteiger partial charge in [-0.15, -0.1) is 24.0 Å². The van der Waals surface area contributed by atoms with Gasteiger partial charge in [0.2, 0.25) is 5.91 Å². The lowest BCUT2D eigenvalue weighted by Gasteiger charge is -2.19. The van der Waals surface area contributed by atoms with E-state index in [1.807, 2.05) is 36.4 Å². The number of amides is 1. The number of halogens is 2. The van der Waals surface area contributed by atoms with Gasteiger partial charge in [-0.1, -0.05) is 46.3 Å². The van der Waals surface area contributed by atoms with Gasteiger partial charge in [0.1, 0.15) is 0 Å². The van der Waals surface area contributed by atoms with E-state index < -0.39 is 0 Å². The Balaban J connectivity index is 0.00000261. The standard InChI is InChI=1S/C20H23BrN4O.HI/c1-22-19(23-13-18(26)25-17-8-3-2-4-9-17)24-14-20(10-11-20)15-6-5-7-16(21)12-15;/h2-9,12H,10-11,13-14H2,1H3,(H,25,26)(H2,22,23,24);1H. The van der Waals surface area contributed by atoms with E-state index in [1.165, 1.54) is 5.56 Å². The lowest BCUT2D eigenvalue weighted by Crippen LogP contribution is -2.44. The average Bonchev–Trinajstić information content (AvgIpc) is 3.44. The van der Waals surface area contributed by atoms with E-state index in [-0.39, 0.29) is 41.8 Å². The summed E-state index contributed by atoms with van der Waals surface area (Å²) in [6, 6.07) is 17.9. The molecule has 0 saturated heterocycles. The Labute approximate surface area is 185 Å². The third kappa shape index (κ3) is 6.21. The number of hydrogen-bond acceptors (Lipinski definition) is 2. The van der Waals surface area contributed by atoms with Gasteiger partial charge in [0.15, 0.2) is 5.96 Å². The van der Waals surface area contributed by atoms with Gasteiger partial charge in [0.05, 0.1) is 6.54 Å². The highest BCUT2D eigenvalue weighted by molar-refractivity contribution is 14.0. The molecular weight excluding hydrogens is 519 g/mol. The fraction of sp³-hybridized carbons (Fsp3) is 0.300. The van der Waals surface area contributed by atoms with Crippen LogP contribution in [0.2, 0.25) is 0 Å². The number of anilines is 1. The third-order valence-electron chi connectivity index (χ3n) is 4.58. The van der Waals surface area contributed by atoms with Crippen LogP contribution in [0.15, 0.2) is 64.1 Å². The summed E-state index contributed by atoms with van der Waals surface area (Å²) in [5.74, 6) is 0.529. The molecule has 2 aromatic carbocycles. The first kappa shape index (κ1) is 21.7. The molecule has 1 amide bonds. The number of rotatable bonds is 6. The maximum atomic E-state index is 12.0. The summed E-state index contributed by atoms with van der Waals surface area (Å²) in [5, 5.41) is 9.27. The Morgan fingerprint density at radius 1 is 1.11 bits per heavy atom. The maximum absolute atomic E-state index is 12.0. The van der Waals surface area contributed by atoms with Crippen molar-refractivity contribution in [3.8, 4) is 0 Å². The van der Waals surface area contributed by atoms with Crippen LogP contribution in [0.4, 0.5) is 5.69 Å². The fourth-order valence-corrected chi connectivity index (χ4v) is 3.30. The van der Waals surface area contributed by atoms with Crippen molar-refractivity contribution in [3.05, 3.63) is 64.6 Å². The van der Waals surface area contributed by atoms with Gasteiger partial charge in [-0.2, -0.15) is 0 Å². The van der Waals surface area contributed by atoms with Crippen LogP contribution >= 0.6 is 39.9 Å². The molecule has 0 radical (unpaired) electrons. The second kappa shape index (κ2) is 10.1. The van der Waals surface area contributed by atoms with Gasteiger partial charge < -0.3 is 16.0 Å². The number of para-hydroxylation sites is 1. The fourth-order valence-electron chi connectivity index (χ4n) is 2.90. The molecule has 5 nitrogen and oxygen atoms in total. The Hall–Kier alpha value is -1.61. The molecular formula is C20H24BrIN4O. The van der Waals surface area contributed by atoms with Crippen molar-refractivity contribution in [2.75, 3.05) is 25.5 Å². The number of benzene rings is 2. The highest BCUT2D eigenvalue weighted by Crippen LogP contribution is 2.48. The van der Waals surface area contributed by atoms with Crippen LogP contribution < -0.4 is 16.0 Å². The highest BCUT2D eigenvalue weighted by atomic mass is 127. The molecule has 1 saturated carbocycles. The molecule has 1 fully saturated rings. The molecule has 7 heteroatoms. The third-order valence-corrected chi connectivity index (χ3v) is 5.08. The number of carbonyl (C=O) groups is 1.